The maximum atomic E-state index is 12.8. The molecule has 1 aromatic carbocycles. The first-order valence-electron chi connectivity index (χ1n) is 9.41. The van der Waals surface area contributed by atoms with Crippen molar-refractivity contribution in [3.8, 4) is 0 Å². The van der Waals surface area contributed by atoms with E-state index in [0.717, 1.165) is 48.6 Å². The van der Waals surface area contributed by atoms with Crippen molar-refractivity contribution in [3.63, 3.8) is 0 Å². The fraction of sp³-hybridized carbons (Fsp3) is 0.550. The summed E-state index contributed by atoms with van der Waals surface area (Å²) in [4.78, 5) is 25.1. The van der Waals surface area contributed by atoms with E-state index in [9.17, 15) is 14.7 Å². The highest BCUT2D eigenvalue weighted by atomic mass is 16.5. The third kappa shape index (κ3) is 2.47. The van der Waals surface area contributed by atoms with Crippen LogP contribution in [0, 0.1) is 6.92 Å². The first kappa shape index (κ1) is 17.2. The number of carbonyl (C=O) groups is 2. The van der Waals surface area contributed by atoms with Gasteiger partial charge in [-0.15, -0.1) is 0 Å². The van der Waals surface area contributed by atoms with Gasteiger partial charge >= 0.3 is 5.97 Å². The maximum Gasteiger partial charge on any atom is 0.321 e. The van der Waals surface area contributed by atoms with E-state index in [-0.39, 0.29) is 12.0 Å². The number of carboxylic acid groups (broad SMARTS) is 1. The molecular weight excluding hydrogens is 332 g/mol. The molecule has 1 aromatic heterocycles. The zero-order valence-electron chi connectivity index (χ0n) is 15.0. The number of ketones is 1. The highest BCUT2D eigenvalue weighted by Crippen LogP contribution is 2.42. The number of carboxylic acids is 1. The Kier molecular flexibility index (Phi) is 4.31. The highest BCUT2D eigenvalue weighted by Gasteiger charge is 2.50. The number of hydrogen-bond acceptors (Lipinski definition) is 4. The third-order valence-corrected chi connectivity index (χ3v) is 5.89. The molecule has 0 spiro atoms. The summed E-state index contributed by atoms with van der Waals surface area (Å²) in [6.45, 7) is 2.60. The van der Waals surface area contributed by atoms with Gasteiger partial charge in [-0.2, -0.15) is 5.10 Å². The van der Waals surface area contributed by atoms with E-state index >= 15 is 0 Å². The van der Waals surface area contributed by atoms with Crippen LogP contribution in [0.3, 0.4) is 0 Å². The van der Waals surface area contributed by atoms with Crippen molar-refractivity contribution in [2.45, 2.75) is 63.5 Å². The van der Waals surface area contributed by atoms with Crippen molar-refractivity contribution in [2.24, 2.45) is 0 Å². The van der Waals surface area contributed by atoms with Crippen LogP contribution in [0.4, 0.5) is 0 Å². The lowest BCUT2D eigenvalue weighted by Crippen LogP contribution is -2.46. The minimum absolute atomic E-state index is 0.125. The summed E-state index contributed by atoms with van der Waals surface area (Å²) in [5, 5.41) is 15.4. The molecule has 2 unspecified atom stereocenters. The number of Topliss-reactive ketones (excluding diaryl/α,β-unsaturated/α-hetero) is 1. The van der Waals surface area contributed by atoms with Gasteiger partial charge in [-0.1, -0.05) is 12.5 Å². The maximum absolute atomic E-state index is 12.8. The van der Waals surface area contributed by atoms with Gasteiger partial charge in [0.25, 0.3) is 0 Å². The predicted octanol–water partition coefficient (Wildman–Crippen LogP) is 3.51. The molecule has 0 radical (unpaired) electrons. The molecule has 2 aliphatic rings. The molecule has 1 aliphatic heterocycles. The van der Waals surface area contributed by atoms with E-state index < -0.39 is 11.4 Å². The summed E-state index contributed by atoms with van der Waals surface area (Å²) < 4.78 is 7.70. The summed E-state index contributed by atoms with van der Waals surface area (Å²) in [7, 11) is 0. The zero-order valence-corrected chi connectivity index (χ0v) is 15.0. The molecular formula is C20H24N2O4. The van der Waals surface area contributed by atoms with Gasteiger partial charge in [-0.25, -0.2) is 4.68 Å². The van der Waals surface area contributed by atoms with Crippen LogP contribution in [0.1, 0.15) is 62.3 Å². The van der Waals surface area contributed by atoms with Crippen molar-refractivity contribution in [1.29, 1.82) is 0 Å². The number of fused-ring (bicyclic) bond motifs is 1. The first-order chi connectivity index (χ1) is 12.6. The lowest BCUT2D eigenvalue weighted by molar-refractivity contribution is -0.150. The molecule has 1 N–H and O–H groups in total. The first-order valence-corrected chi connectivity index (χ1v) is 9.41. The van der Waals surface area contributed by atoms with Gasteiger partial charge in [0.2, 0.25) is 0 Å². The van der Waals surface area contributed by atoms with E-state index in [0.29, 0.717) is 25.0 Å². The summed E-state index contributed by atoms with van der Waals surface area (Å²) in [6.07, 6.45) is 6.80. The molecule has 4 rings (SSSR count). The molecule has 0 amide bonds. The average Bonchev–Trinajstić information content (AvgIpc) is 3.07. The summed E-state index contributed by atoms with van der Waals surface area (Å²) in [5.74, 6) is -1.23. The fourth-order valence-corrected chi connectivity index (χ4v) is 4.57. The number of rotatable bonds is 3. The standard InChI is InChI=1S/C20H24N2O4/c1-13-8-9-15-14(12-21-22(15)17-7-3-5-11-26-17)18(13)20(19(24)25)10-4-2-6-16(20)23/h8-9,12,17H,2-7,10-11H2,1H3,(H,24,25). The molecule has 1 saturated heterocycles. The quantitative estimate of drug-likeness (QED) is 0.851. The minimum atomic E-state index is -1.46. The molecule has 6 nitrogen and oxygen atoms in total. The Labute approximate surface area is 152 Å². The predicted molar refractivity (Wildman–Crippen MR) is 96.1 cm³/mol. The second kappa shape index (κ2) is 6.50. The molecule has 0 bridgehead atoms. The molecule has 1 saturated carbocycles. The van der Waals surface area contributed by atoms with E-state index in [1.54, 1.807) is 6.20 Å². The second-order valence-corrected chi connectivity index (χ2v) is 7.44. The van der Waals surface area contributed by atoms with Crippen LogP contribution < -0.4 is 0 Å². The molecule has 6 heteroatoms. The Bertz CT molecular complexity index is 866. The number of ether oxygens (including phenoxy) is 1. The van der Waals surface area contributed by atoms with Gasteiger partial charge in [0.15, 0.2) is 17.4 Å². The van der Waals surface area contributed by atoms with E-state index in [2.05, 4.69) is 5.10 Å². The Morgan fingerprint density at radius 2 is 2.15 bits per heavy atom. The Hall–Kier alpha value is -2.21. The van der Waals surface area contributed by atoms with Crippen molar-refractivity contribution < 1.29 is 19.4 Å². The number of aromatic nitrogens is 2. The Morgan fingerprint density at radius 1 is 1.31 bits per heavy atom. The monoisotopic (exact) mass is 356 g/mol. The van der Waals surface area contributed by atoms with Crippen LogP contribution in [0.15, 0.2) is 18.3 Å². The van der Waals surface area contributed by atoms with Crippen LogP contribution in [0.5, 0.6) is 0 Å². The van der Waals surface area contributed by atoms with Crippen LogP contribution in [0.2, 0.25) is 0 Å². The van der Waals surface area contributed by atoms with Crippen LogP contribution in [-0.4, -0.2) is 33.2 Å². The topological polar surface area (TPSA) is 81.4 Å². The van der Waals surface area contributed by atoms with Gasteiger partial charge in [-0.3, -0.25) is 9.59 Å². The lowest BCUT2D eigenvalue weighted by atomic mass is 9.66. The summed E-state index contributed by atoms with van der Waals surface area (Å²) >= 11 is 0. The molecule has 26 heavy (non-hydrogen) atoms. The molecule has 2 fully saturated rings. The van der Waals surface area contributed by atoms with Crippen molar-refractivity contribution >= 4 is 22.7 Å². The van der Waals surface area contributed by atoms with Crippen LogP contribution in [-0.2, 0) is 19.7 Å². The number of hydrogen-bond donors (Lipinski definition) is 1. The van der Waals surface area contributed by atoms with Crippen molar-refractivity contribution in [2.75, 3.05) is 6.61 Å². The number of nitrogens with zero attached hydrogens (tertiary/aromatic N) is 2. The molecule has 2 aromatic rings. The van der Waals surface area contributed by atoms with E-state index in [1.165, 1.54) is 0 Å². The molecule has 138 valence electrons. The summed E-state index contributed by atoms with van der Waals surface area (Å²) in [6, 6.07) is 3.87. The van der Waals surface area contributed by atoms with E-state index in [4.69, 9.17) is 4.74 Å². The normalized spacial score (nSPS) is 27.0. The van der Waals surface area contributed by atoms with Gasteiger partial charge in [0, 0.05) is 18.4 Å². The number of aliphatic carboxylic acids is 1. The number of aryl methyl sites for hydroxylation is 1. The number of carbonyl (C=O) groups excluding carboxylic acids is 1. The van der Waals surface area contributed by atoms with Crippen molar-refractivity contribution in [3.05, 3.63) is 29.5 Å². The van der Waals surface area contributed by atoms with Crippen LogP contribution >= 0.6 is 0 Å². The van der Waals surface area contributed by atoms with Gasteiger partial charge in [-0.05, 0) is 56.2 Å². The second-order valence-electron chi connectivity index (χ2n) is 7.44. The Balaban J connectivity index is 1.92. The molecule has 2 heterocycles. The van der Waals surface area contributed by atoms with Gasteiger partial charge in [0.05, 0.1) is 11.7 Å². The van der Waals surface area contributed by atoms with Crippen molar-refractivity contribution in [1.82, 2.24) is 9.78 Å². The smallest absolute Gasteiger partial charge is 0.321 e. The van der Waals surface area contributed by atoms with Gasteiger partial charge in [0.1, 0.15) is 0 Å². The van der Waals surface area contributed by atoms with Gasteiger partial charge < -0.3 is 9.84 Å². The zero-order chi connectivity index (χ0) is 18.3. The number of benzene rings is 1. The summed E-state index contributed by atoms with van der Waals surface area (Å²) in [5.41, 5.74) is 0.841. The third-order valence-electron chi connectivity index (χ3n) is 5.89. The minimum Gasteiger partial charge on any atom is -0.480 e. The molecule has 2 atom stereocenters. The van der Waals surface area contributed by atoms with E-state index in [1.807, 2.05) is 23.7 Å². The highest BCUT2D eigenvalue weighted by molar-refractivity contribution is 6.12. The largest absolute Gasteiger partial charge is 0.480 e. The SMILES string of the molecule is Cc1ccc2c(cnn2C2CCCCO2)c1C1(C(=O)O)CCCCC1=O. The Morgan fingerprint density at radius 3 is 2.85 bits per heavy atom. The molecule has 1 aliphatic carbocycles. The fourth-order valence-electron chi connectivity index (χ4n) is 4.57. The van der Waals surface area contributed by atoms with Crippen LogP contribution in [0.25, 0.3) is 10.9 Å². The average molecular weight is 356 g/mol. The lowest BCUT2D eigenvalue weighted by Gasteiger charge is -2.33.